The SMILES string of the molecule is CCC(CSC)NCc1cn(CCO)nn1. The number of hydrogen-bond acceptors (Lipinski definition) is 5. The first kappa shape index (κ1) is 13.5. The molecular formula is C10H20N4OS. The molecule has 6 heteroatoms. The van der Waals surface area contributed by atoms with Gasteiger partial charge in [0.1, 0.15) is 0 Å². The first-order valence-electron chi connectivity index (χ1n) is 5.52. The van der Waals surface area contributed by atoms with E-state index in [4.69, 9.17) is 5.11 Å². The number of rotatable bonds is 8. The van der Waals surface area contributed by atoms with Gasteiger partial charge < -0.3 is 10.4 Å². The third kappa shape index (κ3) is 4.51. The third-order valence-corrected chi connectivity index (χ3v) is 3.08. The minimum atomic E-state index is 0.0975. The van der Waals surface area contributed by atoms with Crippen LogP contribution in [0, 0.1) is 0 Å². The highest BCUT2D eigenvalue weighted by molar-refractivity contribution is 7.98. The predicted octanol–water partition coefficient (Wildman–Crippen LogP) is 0.502. The van der Waals surface area contributed by atoms with Crippen LogP contribution in [0.1, 0.15) is 19.0 Å². The average Bonchev–Trinajstić information content (AvgIpc) is 2.72. The zero-order valence-electron chi connectivity index (χ0n) is 9.89. The lowest BCUT2D eigenvalue weighted by Crippen LogP contribution is -2.30. The van der Waals surface area contributed by atoms with Crippen LogP contribution in [0.5, 0.6) is 0 Å². The summed E-state index contributed by atoms with van der Waals surface area (Å²) in [5.74, 6) is 1.11. The Morgan fingerprint density at radius 3 is 3.06 bits per heavy atom. The molecule has 0 spiro atoms. The average molecular weight is 244 g/mol. The maximum Gasteiger partial charge on any atom is 0.0964 e. The molecule has 0 aliphatic rings. The molecule has 0 aliphatic carbocycles. The molecule has 1 rings (SSSR count). The fraction of sp³-hybridized carbons (Fsp3) is 0.800. The maximum atomic E-state index is 8.75. The summed E-state index contributed by atoms with van der Waals surface area (Å²) >= 11 is 1.85. The summed E-state index contributed by atoms with van der Waals surface area (Å²) in [7, 11) is 0. The van der Waals surface area contributed by atoms with E-state index >= 15 is 0 Å². The summed E-state index contributed by atoms with van der Waals surface area (Å²) < 4.78 is 1.66. The number of thioether (sulfide) groups is 1. The minimum Gasteiger partial charge on any atom is -0.394 e. The van der Waals surface area contributed by atoms with Gasteiger partial charge >= 0.3 is 0 Å². The molecular weight excluding hydrogens is 224 g/mol. The van der Waals surface area contributed by atoms with Crippen LogP contribution >= 0.6 is 11.8 Å². The van der Waals surface area contributed by atoms with Gasteiger partial charge in [0, 0.05) is 24.5 Å². The first-order valence-corrected chi connectivity index (χ1v) is 6.91. The Kier molecular flexibility index (Phi) is 6.44. The van der Waals surface area contributed by atoms with E-state index in [9.17, 15) is 0 Å². The van der Waals surface area contributed by atoms with Crippen molar-refractivity contribution in [3.8, 4) is 0 Å². The first-order chi connectivity index (χ1) is 7.80. The molecule has 92 valence electrons. The summed E-state index contributed by atoms with van der Waals surface area (Å²) in [5, 5.41) is 20.1. The summed E-state index contributed by atoms with van der Waals surface area (Å²) in [5.41, 5.74) is 0.924. The lowest BCUT2D eigenvalue weighted by molar-refractivity contribution is 0.268. The largest absolute Gasteiger partial charge is 0.394 e. The van der Waals surface area contributed by atoms with E-state index in [0.717, 1.165) is 24.4 Å². The second-order valence-electron chi connectivity index (χ2n) is 3.64. The van der Waals surface area contributed by atoms with E-state index in [0.29, 0.717) is 12.6 Å². The number of nitrogens with zero attached hydrogens (tertiary/aromatic N) is 3. The van der Waals surface area contributed by atoms with Crippen LogP contribution in [0.15, 0.2) is 6.20 Å². The fourth-order valence-electron chi connectivity index (χ4n) is 1.40. The molecule has 0 bridgehead atoms. The van der Waals surface area contributed by atoms with Gasteiger partial charge in [0.25, 0.3) is 0 Å². The maximum absolute atomic E-state index is 8.75. The van der Waals surface area contributed by atoms with E-state index < -0.39 is 0 Å². The van der Waals surface area contributed by atoms with Crippen LogP contribution in [-0.4, -0.2) is 44.8 Å². The van der Waals surface area contributed by atoms with Crippen molar-refractivity contribution in [3.63, 3.8) is 0 Å². The van der Waals surface area contributed by atoms with Crippen LogP contribution in [0.25, 0.3) is 0 Å². The molecule has 0 amide bonds. The van der Waals surface area contributed by atoms with E-state index in [1.807, 2.05) is 18.0 Å². The molecule has 1 aromatic rings. The van der Waals surface area contributed by atoms with E-state index in [1.54, 1.807) is 4.68 Å². The Hall–Kier alpha value is -0.590. The highest BCUT2D eigenvalue weighted by atomic mass is 32.2. The van der Waals surface area contributed by atoms with Gasteiger partial charge in [-0.3, -0.25) is 0 Å². The molecule has 0 saturated heterocycles. The number of aliphatic hydroxyl groups is 1. The molecule has 1 aromatic heterocycles. The van der Waals surface area contributed by atoms with Crippen molar-refractivity contribution in [2.75, 3.05) is 18.6 Å². The van der Waals surface area contributed by atoms with Gasteiger partial charge in [-0.1, -0.05) is 12.1 Å². The van der Waals surface area contributed by atoms with Gasteiger partial charge in [0.2, 0.25) is 0 Å². The van der Waals surface area contributed by atoms with Crippen LogP contribution in [-0.2, 0) is 13.1 Å². The van der Waals surface area contributed by atoms with Crippen molar-refractivity contribution >= 4 is 11.8 Å². The number of aliphatic hydroxyl groups excluding tert-OH is 1. The smallest absolute Gasteiger partial charge is 0.0964 e. The van der Waals surface area contributed by atoms with Crippen molar-refractivity contribution in [1.29, 1.82) is 0 Å². The molecule has 0 fully saturated rings. The summed E-state index contributed by atoms with van der Waals surface area (Å²) in [6, 6.07) is 0.526. The van der Waals surface area contributed by atoms with Gasteiger partial charge in [0.05, 0.1) is 18.8 Å². The molecule has 0 saturated carbocycles. The van der Waals surface area contributed by atoms with Gasteiger partial charge in [-0.05, 0) is 12.7 Å². The molecule has 5 nitrogen and oxygen atoms in total. The van der Waals surface area contributed by atoms with Crippen molar-refractivity contribution in [3.05, 3.63) is 11.9 Å². The van der Waals surface area contributed by atoms with Crippen molar-refractivity contribution in [2.45, 2.75) is 32.5 Å². The second kappa shape index (κ2) is 7.65. The molecule has 0 radical (unpaired) electrons. The Morgan fingerprint density at radius 2 is 2.44 bits per heavy atom. The summed E-state index contributed by atoms with van der Waals surface area (Å²) in [6.07, 6.45) is 5.10. The molecule has 1 heterocycles. The highest BCUT2D eigenvalue weighted by Gasteiger charge is 2.06. The van der Waals surface area contributed by atoms with Crippen molar-refractivity contribution in [2.24, 2.45) is 0 Å². The Labute approximate surface area is 101 Å². The Bertz CT molecular complexity index is 292. The molecule has 16 heavy (non-hydrogen) atoms. The van der Waals surface area contributed by atoms with Crippen LogP contribution in [0.3, 0.4) is 0 Å². The quantitative estimate of drug-likeness (QED) is 0.697. The third-order valence-electron chi connectivity index (χ3n) is 2.35. The minimum absolute atomic E-state index is 0.0975. The lowest BCUT2D eigenvalue weighted by atomic mass is 10.2. The Balaban J connectivity index is 2.34. The van der Waals surface area contributed by atoms with Gasteiger partial charge in [-0.15, -0.1) is 5.10 Å². The topological polar surface area (TPSA) is 63.0 Å². The number of aromatic nitrogens is 3. The van der Waals surface area contributed by atoms with E-state index in [2.05, 4.69) is 28.8 Å². The van der Waals surface area contributed by atoms with E-state index in [1.165, 1.54) is 0 Å². The van der Waals surface area contributed by atoms with Gasteiger partial charge in [-0.25, -0.2) is 4.68 Å². The lowest BCUT2D eigenvalue weighted by Gasteiger charge is -2.14. The Morgan fingerprint density at radius 1 is 1.62 bits per heavy atom. The zero-order valence-corrected chi connectivity index (χ0v) is 10.7. The number of hydrogen-bond donors (Lipinski definition) is 2. The van der Waals surface area contributed by atoms with Crippen molar-refractivity contribution in [1.82, 2.24) is 20.3 Å². The molecule has 1 unspecified atom stereocenters. The van der Waals surface area contributed by atoms with E-state index in [-0.39, 0.29) is 6.61 Å². The van der Waals surface area contributed by atoms with Crippen LogP contribution in [0.4, 0.5) is 0 Å². The molecule has 2 N–H and O–H groups in total. The zero-order chi connectivity index (χ0) is 11.8. The number of nitrogens with one attached hydrogen (secondary N) is 1. The molecule has 0 aliphatic heterocycles. The van der Waals surface area contributed by atoms with Crippen LogP contribution < -0.4 is 5.32 Å². The fourth-order valence-corrected chi connectivity index (χ4v) is 2.16. The normalized spacial score (nSPS) is 12.9. The predicted molar refractivity (Wildman–Crippen MR) is 66.4 cm³/mol. The van der Waals surface area contributed by atoms with Crippen molar-refractivity contribution < 1.29 is 5.11 Å². The summed E-state index contributed by atoms with van der Waals surface area (Å²) in [4.78, 5) is 0. The summed E-state index contributed by atoms with van der Waals surface area (Å²) in [6.45, 7) is 3.52. The second-order valence-corrected chi connectivity index (χ2v) is 4.55. The van der Waals surface area contributed by atoms with Gasteiger partial charge in [0.15, 0.2) is 0 Å². The standard InChI is InChI=1S/C10H20N4OS/c1-3-9(8-16-2)11-6-10-7-14(4-5-15)13-12-10/h7,9,11,15H,3-6,8H2,1-2H3. The molecule has 1 atom stereocenters. The monoisotopic (exact) mass is 244 g/mol. The molecule has 0 aromatic carbocycles. The highest BCUT2D eigenvalue weighted by Crippen LogP contribution is 2.02. The van der Waals surface area contributed by atoms with Gasteiger partial charge in [-0.2, -0.15) is 11.8 Å². The van der Waals surface area contributed by atoms with Crippen LogP contribution in [0.2, 0.25) is 0 Å².